The third-order valence-electron chi connectivity index (χ3n) is 10.4. The first-order valence-electron chi connectivity index (χ1n) is 35.5. The highest BCUT2D eigenvalue weighted by Crippen LogP contribution is 2.55. The van der Waals surface area contributed by atoms with Crippen molar-refractivity contribution >= 4 is 27.8 Å². The second-order valence-electron chi connectivity index (χ2n) is 13.7. The Hall–Kier alpha value is -6.96. The number of para-hydroxylation sites is 1. The Morgan fingerprint density at radius 1 is 0.407 bits per heavy atom. The fourth-order valence-corrected chi connectivity index (χ4v) is 7.79. The highest BCUT2D eigenvalue weighted by molar-refractivity contribution is 6.09. The SMILES string of the molecule is [2H]c1ccc([2H])c(-c2c([2H])c([2H])c([2H])c([2H])c2N(c2cc([2H])c(-c3ccc4c([2H])c([2H])c([2H])cc4c3-c3c([2H])c([2H])c([2H])c4c3-c3cc([2H])cc([2H])c3C4(C([2H])([2H])[2H])C([2H])([2H])[2H])c([2H])c2[2H])c2c([2H])c([2H])c3c(c2[2H])C(C([2H])([2H])[2H])(C([2H])([2H])[2H])c2c([2H])cc([2H])c([2H])c2-3)c1. The molecule has 0 unspecified atom stereocenters. The van der Waals surface area contributed by atoms with Crippen LogP contribution in [0, 0.1) is 0 Å². The molecular weight excluding hydrogens is 711 g/mol. The molecule has 0 saturated carbocycles. The first kappa shape index (κ1) is 14.4. The summed E-state index contributed by atoms with van der Waals surface area (Å²) >= 11 is 0. The summed E-state index contributed by atoms with van der Waals surface area (Å²) in [7, 11) is 0. The molecule has 11 rings (SSSR count). The van der Waals surface area contributed by atoms with Crippen LogP contribution >= 0.6 is 0 Å². The second kappa shape index (κ2) is 13.3. The highest BCUT2D eigenvalue weighted by atomic mass is 15.1. The van der Waals surface area contributed by atoms with Crippen LogP contribution in [0.2, 0.25) is 0 Å². The molecule has 0 N–H and O–H groups in total. The number of anilines is 3. The maximum absolute atomic E-state index is 10.2. The molecule has 0 radical (unpaired) electrons. The van der Waals surface area contributed by atoms with Crippen LogP contribution in [0.1, 0.15) is 97.6 Å². The smallest absolute Gasteiger partial charge is 0.0648 e. The molecule has 0 heterocycles. The van der Waals surface area contributed by atoms with Crippen molar-refractivity contribution in [2.75, 3.05) is 4.90 Å². The monoisotopic (exact) mass is 791 g/mol. The summed E-state index contributed by atoms with van der Waals surface area (Å²) in [6, 6.07) is -12.1. The first-order valence-corrected chi connectivity index (χ1v) is 18.0. The van der Waals surface area contributed by atoms with Crippen LogP contribution in [0.5, 0.6) is 0 Å². The summed E-state index contributed by atoms with van der Waals surface area (Å²) in [5, 5.41) is -0.578. The molecular formula is C58H45N. The molecule has 0 atom stereocenters. The zero-order chi connectivity index (χ0) is 69.9. The van der Waals surface area contributed by atoms with Crippen LogP contribution in [0.25, 0.3) is 66.4 Å². The van der Waals surface area contributed by atoms with Crippen molar-refractivity contribution in [3.8, 4) is 55.6 Å². The van der Waals surface area contributed by atoms with Gasteiger partial charge in [-0.25, -0.2) is 0 Å². The van der Waals surface area contributed by atoms with Crippen LogP contribution < -0.4 is 4.90 Å². The minimum absolute atomic E-state index is 0.237. The molecule has 1 heteroatoms. The zero-order valence-electron chi connectivity index (χ0n) is 65.2. The van der Waals surface area contributed by atoms with Crippen LogP contribution in [0.4, 0.5) is 17.1 Å². The minimum Gasteiger partial charge on any atom is -0.310 e. The van der Waals surface area contributed by atoms with E-state index < -0.39 is 266 Å². The van der Waals surface area contributed by atoms with E-state index in [9.17, 15) is 15.1 Å². The summed E-state index contributed by atoms with van der Waals surface area (Å²) in [5.41, 5.74) is -20.6. The van der Waals surface area contributed by atoms with Gasteiger partial charge < -0.3 is 4.90 Å². The van der Waals surface area contributed by atoms with Gasteiger partial charge in [-0.05, 0) is 113 Å². The molecule has 282 valence electrons. The first-order chi connectivity index (χ1) is 43.3. The van der Waals surface area contributed by atoms with Gasteiger partial charge in [0, 0.05) is 44.2 Å². The molecule has 0 aliphatic heterocycles. The molecule has 2 aliphatic rings. The van der Waals surface area contributed by atoms with E-state index in [2.05, 4.69) is 0 Å². The number of hydrogen-bond donors (Lipinski definition) is 0. The van der Waals surface area contributed by atoms with E-state index in [0.717, 1.165) is 48.5 Å². The summed E-state index contributed by atoms with van der Waals surface area (Å²) in [6.45, 7) is -15.3. The molecule has 9 aromatic carbocycles. The summed E-state index contributed by atoms with van der Waals surface area (Å²) in [5.74, 6) is 0. The van der Waals surface area contributed by atoms with Crippen molar-refractivity contribution in [1.29, 1.82) is 0 Å². The lowest BCUT2D eigenvalue weighted by Crippen LogP contribution is -2.16. The Labute approximate surface area is 397 Å². The predicted octanol–water partition coefficient (Wildman–Crippen LogP) is 15.9. The van der Waals surface area contributed by atoms with E-state index in [1.807, 2.05) is 0 Å². The molecule has 0 saturated heterocycles. The Balaban J connectivity index is 1.36. The van der Waals surface area contributed by atoms with Crippen LogP contribution in [0.3, 0.4) is 0 Å². The molecule has 0 fully saturated rings. The van der Waals surface area contributed by atoms with Gasteiger partial charge in [0.25, 0.3) is 0 Å². The molecule has 59 heavy (non-hydrogen) atoms. The normalized spacial score (nSPS) is 23.4. The summed E-state index contributed by atoms with van der Waals surface area (Å²) < 4.78 is 323. The standard InChI is InChI=1S/C58H45N/c1-57(2)51-26-14-11-23-48(51)56-49(24-16-27-52(56)57)55-44-21-9-8-19-39(44)31-35-45(55)40-29-32-41(33-30-40)59(54-28-15-12-20-43(54)38-17-6-5-7-18-38)42-34-36-47-46-22-10-13-25-50(46)58(3,4)53(47)37-42/h5-37H,1-4H3/i1D3,2D3,3D3,4D3,6D,8D,9D,10D,11D,12D,15D,16D,18D,19D,20D,22D,24D,25D,26D,27D,28D,29D,30D,32D,34D,36D,37D. The van der Waals surface area contributed by atoms with Gasteiger partial charge in [-0.15, -0.1) is 0 Å². The molecule has 1 nitrogen and oxygen atoms in total. The molecule has 0 amide bonds. The second-order valence-corrected chi connectivity index (χ2v) is 13.7. The lowest BCUT2D eigenvalue weighted by atomic mass is 9.81. The van der Waals surface area contributed by atoms with E-state index in [0.29, 0.717) is 17.0 Å². The van der Waals surface area contributed by atoms with E-state index in [4.69, 9.17) is 32.9 Å². The van der Waals surface area contributed by atoms with E-state index in [-0.39, 0.29) is 16.8 Å². The van der Waals surface area contributed by atoms with E-state index in [1.165, 1.54) is 0 Å². The quantitative estimate of drug-likeness (QED) is 0.162. The van der Waals surface area contributed by atoms with Crippen molar-refractivity contribution < 1.29 is 48.0 Å². The van der Waals surface area contributed by atoms with Gasteiger partial charge in [-0.3, -0.25) is 0 Å². The number of nitrogens with zero attached hydrogens (tertiary/aromatic N) is 1. The van der Waals surface area contributed by atoms with Crippen molar-refractivity contribution in [2.24, 2.45) is 0 Å². The number of fused-ring (bicyclic) bond motifs is 7. The number of rotatable bonds is 6. The zero-order valence-corrected chi connectivity index (χ0v) is 30.2. The topological polar surface area (TPSA) is 3.24 Å². The van der Waals surface area contributed by atoms with Crippen molar-refractivity contribution in [3.05, 3.63) is 222 Å². The Bertz CT molecular complexity index is 4870. The average Bonchev–Trinajstić information content (AvgIpc) is 1.49. The summed E-state index contributed by atoms with van der Waals surface area (Å²) in [4.78, 5) is 0.474. The van der Waals surface area contributed by atoms with Crippen LogP contribution in [-0.2, 0) is 10.8 Å². The Kier molecular flexibility index (Phi) is 3.24. The van der Waals surface area contributed by atoms with Gasteiger partial charge in [0.05, 0.1) is 37.2 Å². The highest BCUT2D eigenvalue weighted by Gasteiger charge is 2.38. The lowest BCUT2D eigenvalue weighted by molar-refractivity contribution is 0.660. The maximum Gasteiger partial charge on any atom is 0.0648 e. The van der Waals surface area contributed by atoms with E-state index >= 15 is 0 Å². The average molecular weight is 791 g/mol. The fraction of sp³-hybridized carbons (Fsp3) is 0.103. The van der Waals surface area contributed by atoms with Gasteiger partial charge in [0.1, 0.15) is 0 Å². The van der Waals surface area contributed by atoms with Crippen molar-refractivity contribution in [3.63, 3.8) is 0 Å². The number of hydrogen-bond acceptors (Lipinski definition) is 1. The third-order valence-corrected chi connectivity index (χ3v) is 10.4. The molecule has 0 aromatic heterocycles. The molecule has 9 aromatic rings. The fourth-order valence-electron chi connectivity index (χ4n) is 7.79. The van der Waals surface area contributed by atoms with Crippen LogP contribution in [0.15, 0.2) is 200 Å². The van der Waals surface area contributed by atoms with Crippen molar-refractivity contribution in [1.82, 2.24) is 0 Å². The Morgan fingerprint density at radius 3 is 2.08 bits per heavy atom. The number of benzene rings is 9. The predicted molar refractivity (Wildman–Crippen MR) is 250 cm³/mol. The van der Waals surface area contributed by atoms with E-state index in [1.54, 1.807) is 0 Å². The molecule has 2 aliphatic carbocycles. The van der Waals surface area contributed by atoms with Gasteiger partial charge in [0.2, 0.25) is 0 Å². The van der Waals surface area contributed by atoms with Gasteiger partial charge in [-0.2, -0.15) is 0 Å². The van der Waals surface area contributed by atoms with Gasteiger partial charge in [-0.1, -0.05) is 197 Å². The minimum atomic E-state index is -3.92. The van der Waals surface area contributed by atoms with Gasteiger partial charge >= 0.3 is 0 Å². The molecule has 0 spiro atoms. The third kappa shape index (κ3) is 5.38. The maximum atomic E-state index is 10.2. The lowest BCUT2D eigenvalue weighted by Gasteiger charge is -2.30. The van der Waals surface area contributed by atoms with Crippen molar-refractivity contribution in [2.45, 2.75) is 38.2 Å². The largest absolute Gasteiger partial charge is 0.310 e. The van der Waals surface area contributed by atoms with Gasteiger partial charge in [0.15, 0.2) is 0 Å². The Morgan fingerprint density at radius 2 is 1.17 bits per heavy atom. The summed E-state index contributed by atoms with van der Waals surface area (Å²) in [6.07, 6.45) is 0. The molecule has 0 bridgehead atoms. The van der Waals surface area contributed by atoms with Crippen LogP contribution in [-0.4, -0.2) is 0 Å².